The first-order valence-electron chi connectivity index (χ1n) is 6.23. The lowest BCUT2D eigenvalue weighted by Gasteiger charge is -2.08. The summed E-state index contributed by atoms with van der Waals surface area (Å²) in [5.74, 6) is 0.782. The van der Waals surface area contributed by atoms with Crippen LogP contribution in [0.4, 0.5) is 0 Å². The molecular weight excluding hydrogens is 302 g/mol. The third-order valence-corrected chi connectivity index (χ3v) is 5.11. The number of nitrogens with zero attached hydrogens (tertiary/aromatic N) is 1. The standard InChI is InChI=1S/C15H13N3OS2/c1-19-9-6-7-10(14(16)17)13(8-9)21-15-18-11-4-2-3-5-12(11)20-15/h2-8H,1H3,(H3,16,17). The second kappa shape index (κ2) is 5.75. The molecule has 0 aliphatic heterocycles. The molecule has 0 saturated carbocycles. The normalized spacial score (nSPS) is 10.7. The van der Waals surface area contributed by atoms with Crippen LogP contribution in [0.15, 0.2) is 51.7 Å². The number of fused-ring (bicyclic) bond motifs is 1. The molecule has 21 heavy (non-hydrogen) atoms. The Morgan fingerprint density at radius 1 is 1.29 bits per heavy atom. The quantitative estimate of drug-likeness (QED) is 0.568. The molecule has 1 heterocycles. The van der Waals surface area contributed by atoms with E-state index in [2.05, 4.69) is 11.1 Å². The Kier molecular flexibility index (Phi) is 3.81. The average Bonchev–Trinajstić information content (AvgIpc) is 2.89. The number of hydrogen-bond donors (Lipinski definition) is 2. The molecule has 0 spiro atoms. The minimum absolute atomic E-state index is 0.0428. The fourth-order valence-electron chi connectivity index (χ4n) is 1.93. The van der Waals surface area contributed by atoms with Crippen LogP contribution < -0.4 is 10.5 Å². The molecule has 0 saturated heterocycles. The summed E-state index contributed by atoms with van der Waals surface area (Å²) in [5, 5.41) is 7.68. The maximum absolute atomic E-state index is 7.68. The van der Waals surface area contributed by atoms with E-state index in [1.54, 1.807) is 30.6 Å². The van der Waals surface area contributed by atoms with Gasteiger partial charge in [-0.05, 0) is 30.3 Å². The van der Waals surface area contributed by atoms with Gasteiger partial charge in [-0.25, -0.2) is 4.98 Å². The van der Waals surface area contributed by atoms with Gasteiger partial charge in [-0.2, -0.15) is 0 Å². The van der Waals surface area contributed by atoms with Gasteiger partial charge in [-0.3, -0.25) is 5.41 Å². The molecular formula is C15H13N3OS2. The number of nitrogens with two attached hydrogens (primary N) is 1. The van der Waals surface area contributed by atoms with Crippen molar-refractivity contribution < 1.29 is 4.74 Å². The molecule has 0 aliphatic rings. The van der Waals surface area contributed by atoms with Gasteiger partial charge >= 0.3 is 0 Å². The van der Waals surface area contributed by atoms with Crippen LogP contribution in [0.2, 0.25) is 0 Å². The molecule has 3 rings (SSSR count). The second-order valence-corrected chi connectivity index (χ2v) is 6.65. The van der Waals surface area contributed by atoms with Crippen molar-refractivity contribution in [2.24, 2.45) is 5.73 Å². The zero-order valence-electron chi connectivity index (χ0n) is 11.3. The SMILES string of the molecule is COc1ccc(C(=N)N)c(Sc2nc3ccccc3s2)c1. The van der Waals surface area contributed by atoms with E-state index in [0.717, 1.165) is 25.2 Å². The van der Waals surface area contributed by atoms with Crippen molar-refractivity contribution in [1.82, 2.24) is 4.98 Å². The molecule has 0 unspecified atom stereocenters. The topological polar surface area (TPSA) is 72.0 Å². The first-order valence-corrected chi connectivity index (χ1v) is 7.86. The second-order valence-electron chi connectivity index (χ2n) is 4.33. The number of ether oxygens (including phenoxy) is 1. The zero-order valence-corrected chi connectivity index (χ0v) is 12.9. The van der Waals surface area contributed by atoms with Crippen molar-refractivity contribution in [3.05, 3.63) is 48.0 Å². The van der Waals surface area contributed by atoms with Crippen LogP contribution in [-0.4, -0.2) is 17.9 Å². The highest BCUT2D eigenvalue weighted by Gasteiger charge is 2.12. The fraction of sp³-hybridized carbons (Fsp3) is 0.0667. The minimum Gasteiger partial charge on any atom is -0.497 e. The van der Waals surface area contributed by atoms with E-state index in [4.69, 9.17) is 15.9 Å². The van der Waals surface area contributed by atoms with Gasteiger partial charge in [0.1, 0.15) is 11.6 Å². The number of benzene rings is 2. The number of aromatic nitrogens is 1. The highest BCUT2D eigenvalue weighted by Crippen LogP contribution is 2.37. The van der Waals surface area contributed by atoms with E-state index in [9.17, 15) is 0 Å². The summed E-state index contributed by atoms with van der Waals surface area (Å²) in [6, 6.07) is 13.5. The molecule has 2 aromatic carbocycles. The Morgan fingerprint density at radius 2 is 2.10 bits per heavy atom. The van der Waals surface area contributed by atoms with Gasteiger partial charge in [0, 0.05) is 10.5 Å². The predicted octanol–water partition coefficient (Wildman–Crippen LogP) is 3.74. The number of nitrogens with one attached hydrogen (secondary N) is 1. The molecule has 6 heteroatoms. The number of rotatable bonds is 4. The molecule has 0 radical (unpaired) electrons. The van der Waals surface area contributed by atoms with Crippen LogP contribution in [0.3, 0.4) is 0 Å². The number of hydrogen-bond acceptors (Lipinski definition) is 5. The molecule has 3 aromatic rings. The molecule has 0 aliphatic carbocycles. The third kappa shape index (κ3) is 2.86. The summed E-state index contributed by atoms with van der Waals surface area (Å²) < 4.78 is 7.31. The Bertz CT molecular complexity index is 781. The van der Waals surface area contributed by atoms with E-state index < -0.39 is 0 Å². The number of methoxy groups -OCH3 is 1. The zero-order chi connectivity index (χ0) is 14.8. The smallest absolute Gasteiger partial charge is 0.155 e. The highest BCUT2D eigenvalue weighted by atomic mass is 32.2. The van der Waals surface area contributed by atoms with Crippen LogP contribution in [-0.2, 0) is 0 Å². The number of nitrogen functional groups attached to an aromatic ring is 1. The first kappa shape index (κ1) is 13.9. The first-order chi connectivity index (χ1) is 10.2. The van der Waals surface area contributed by atoms with Crippen molar-refractivity contribution in [3.8, 4) is 5.75 Å². The Morgan fingerprint density at radius 3 is 2.81 bits per heavy atom. The molecule has 3 N–H and O–H groups in total. The maximum atomic E-state index is 7.68. The molecule has 0 bridgehead atoms. The van der Waals surface area contributed by atoms with Crippen LogP contribution in [0, 0.1) is 5.41 Å². The van der Waals surface area contributed by atoms with Crippen LogP contribution in [0.1, 0.15) is 5.56 Å². The van der Waals surface area contributed by atoms with Gasteiger partial charge < -0.3 is 10.5 Å². The Balaban J connectivity index is 2.01. The lowest BCUT2D eigenvalue weighted by Crippen LogP contribution is -2.12. The molecule has 1 aromatic heterocycles. The Labute approximate surface area is 130 Å². The summed E-state index contributed by atoms with van der Waals surface area (Å²) in [5.41, 5.74) is 7.33. The third-order valence-electron chi connectivity index (χ3n) is 2.95. The monoisotopic (exact) mass is 315 g/mol. The minimum atomic E-state index is 0.0428. The van der Waals surface area contributed by atoms with Crippen LogP contribution in [0.25, 0.3) is 10.2 Å². The van der Waals surface area contributed by atoms with Crippen molar-refractivity contribution in [3.63, 3.8) is 0 Å². The molecule has 0 atom stereocenters. The lowest BCUT2D eigenvalue weighted by molar-refractivity contribution is 0.413. The van der Waals surface area contributed by atoms with Gasteiger partial charge in [0.25, 0.3) is 0 Å². The molecule has 106 valence electrons. The molecule has 4 nitrogen and oxygen atoms in total. The molecule has 0 amide bonds. The van der Waals surface area contributed by atoms with Gasteiger partial charge in [-0.15, -0.1) is 11.3 Å². The molecule has 0 fully saturated rings. The van der Waals surface area contributed by atoms with E-state index in [0.29, 0.717) is 5.56 Å². The average molecular weight is 315 g/mol. The summed E-state index contributed by atoms with van der Waals surface area (Å²) in [6.07, 6.45) is 0. The number of para-hydroxylation sites is 1. The number of thiazole rings is 1. The summed E-state index contributed by atoms with van der Waals surface area (Å²) in [6.45, 7) is 0. The highest BCUT2D eigenvalue weighted by molar-refractivity contribution is 8.01. The van der Waals surface area contributed by atoms with Crippen molar-refractivity contribution in [2.75, 3.05) is 7.11 Å². The van der Waals surface area contributed by atoms with E-state index in [-0.39, 0.29) is 5.84 Å². The largest absolute Gasteiger partial charge is 0.497 e. The maximum Gasteiger partial charge on any atom is 0.155 e. The summed E-state index contributed by atoms with van der Waals surface area (Å²) in [4.78, 5) is 5.47. The van der Waals surface area contributed by atoms with Crippen LogP contribution in [0.5, 0.6) is 5.75 Å². The van der Waals surface area contributed by atoms with Crippen molar-refractivity contribution >= 4 is 39.2 Å². The fourth-order valence-corrected chi connectivity index (χ4v) is 4.12. The summed E-state index contributed by atoms with van der Waals surface area (Å²) in [7, 11) is 1.62. The van der Waals surface area contributed by atoms with E-state index in [1.807, 2.05) is 24.3 Å². The van der Waals surface area contributed by atoms with Gasteiger partial charge in [0.05, 0.1) is 17.3 Å². The summed E-state index contributed by atoms with van der Waals surface area (Å²) >= 11 is 3.13. The van der Waals surface area contributed by atoms with Gasteiger partial charge in [0.2, 0.25) is 0 Å². The Hall–Kier alpha value is -2.05. The van der Waals surface area contributed by atoms with Crippen LogP contribution >= 0.6 is 23.1 Å². The lowest BCUT2D eigenvalue weighted by atomic mass is 10.2. The van der Waals surface area contributed by atoms with Gasteiger partial charge in [-0.1, -0.05) is 23.9 Å². The van der Waals surface area contributed by atoms with Crippen molar-refractivity contribution in [1.29, 1.82) is 5.41 Å². The van der Waals surface area contributed by atoms with Gasteiger partial charge in [0.15, 0.2) is 4.34 Å². The van der Waals surface area contributed by atoms with E-state index >= 15 is 0 Å². The number of amidine groups is 1. The van der Waals surface area contributed by atoms with Crippen molar-refractivity contribution in [2.45, 2.75) is 9.24 Å². The predicted molar refractivity (Wildman–Crippen MR) is 87.8 cm³/mol. The van der Waals surface area contributed by atoms with E-state index in [1.165, 1.54) is 11.8 Å².